The van der Waals surface area contributed by atoms with E-state index in [9.17, 15) is 5.11 Å². The smallest absolute Gasteiger partial charge is 0.107 e. The molecular weight excluding hydrogens is 443 g/mol. The number of aliphatic hydroxyl groups excluding tert-OH is 1. The number of hydrogen-bond donors (Lipinski definition) is 1. The van der Waals surface area contributed by atoms with Gasteiger partial charge in [-0.05, 0) is 42.4 Å². The minimum atomic E-state index is -0.390. The van der Waals surface area contributed by atoms with Gasteiger partial charge in [0.1, 0.15) is 6.04 Å². The van der Waals surface area contributed by atoms with Crippen LogP contribution in [0.1, 0.15) is 77.4 Å². The first-order valence-electron chi connectivity index (χ1n) is 10.3. The number of nitrogens with zero attached hydrogens (tertiary/aromatic N) is 1. The van der Waals surface area contributed by atoms with Crippen LogP contribution in [0.25, 0.3) is 0 Å². The molecule has 0 amide bonds. The van der Waals surface area contributed by atoms with Crippen LogP contribution in [0.15, 0.2) is 24.3 Å². The predicted octanol–water partition coefficient (Wildman–Crippen LogP) is 6.13. The number of unbranched alkanes of at least 4 members (excludes halogenated alkanes) is 2. The normalized spacial score (nSPS) is 20.3. The number of benzene rings is 1. The van der Waals surface area contributed by atoms with Crippen molar-refractivity contribution in [1.82, 2.24) is 0 Å². The van der Waals surface area contributed by atoms with Gasteiger partial charge in [0.25, 0.3) is 0 Å². The van der Waals surface area contributed by atoms with Crippen molar-refractivity contribution in [2.45, 2.75) is 83.2 Å². The molecule has 1 aromatic carbocycles. The summed E-state index contributed by atoms with van der Waals surface area (Å²) >= 11 is 6.51. The Morgan fingerprint density at radius 3 is 2.54 bits per heavy atom. The molecule has 1 aromatic rings. The summed E-state index contributed by atoms with van der Waals surface area (Å²) in [5, 5.41) is 10.5. The van der Waals surface area contributed by atoms with Crippen molar-refractivity contribution in [3.05, 3.63) is 36.8 Å². The second-order valence-corrected chi connectivity index (χ2v) is 9.34. The van der Waals surface area contributed by atoms with Gasteiger partial charge in [0.05, 0.1) is 11.5 Å². The van der Waals surface area contributed by atoms with Crippen LogP contribution in [0.3, 0.4) is 0 Å². The Hall–Kier alpha value is -0.0661. The van der Waals surface area contributed by atoms with Crippen molar-refractivity contribution in [3.8, 4) is 11.8 Å². The van der Waals surface area contributed by atoms with Gasteiger partial charge in [0.2, 0.25) is 0 Å². The van der Waals surface area contributed by atoms with Crippen molar-refractivity contribution in [2.24, 2.45) is 5.41 Å². The van der Waals surface area contributed by atoms with Gasteiger partial charge in [0.15, 0.2) is 0 Å². The summed E-state index contributed by atoms with van der Waals surface area (Å²) in [6.07, 6.45) is 6.38. The molecule has 0 aliphatic carbocycles. The molecule has 0 spiro atoms. The molecule has 2 nitrogen and oxygen atoms in total. The van der Waals surface area contributed by atoms with Crippen molar-refractivity contribution in [3.63, 3.8) is 0 Å². The Labute approximate surface area is 202 Å². The number of alkyl halides is 1. The minimum Gasteiger partial charge on any atom is -0.388 e. The number of hydrogen-bond acceptors (Lipinski definition) is 2. The summed E-state index contributed by atoms with van der Waals surface area (Å²) in [5.74, 6) is 6.63. The van der Waals surface area contributed by atoms with Gasteiger partial charge >= 0.3 is 0 Å². The van der Waals surface area contributed by atoms with Gasteiger partial charge < -0.3 is 16.9 Å². The van der Waals surface area contributed by atoms with E-state index >= 15 is 0 Å². The molecule has 1 aliphatic rings. The molecule has 4 heteroatoms. The van der Waals surface area contributed by atoms with E-state index in [0.29, 0.717) is 5.41 Å². The Bertz CT molecular complexity index is 629. The molecule has 3 atom stereocenters. The predicted molar refractivity (Wildman–Crippen MR) is 117 cm³/mol. The van der Waals surface area contributed by atoms with E-state index in [1.54, 1.807) is 0 Å². The Kier molecular flexibility index (Phi) is 11.7. The third-order valence-electron chi connectivity index (χ3n) is 5.14. The maximum Gasteiger partial charge on any atom is 0.107 e. The summed E-state index contributed by atoms with van der Waals surface area (Å²) in [6, 6.07) is 8.36. The fraction of sp³-hybridized carbons (Fsp3) is 0.625. The summed E-state index contributed by atoms with van der Waals surface area (Å²) in [4.78, 5) is 2.30. The van der Waals surface area contributed by atoms with Gasteiger partial charge in [-0.2, -0.15) is 6.42 Å². The molecule has 28 heavy (non-hydrogen) atoms. The molecule has 1 radical (unpaired) electrons. The van der Waals surface area contributed by atoms with Crippen LogP contribution in [0.2, 0.25) is 0 Å². The number of aliphatic hydroxyl groups is 1. The van der Waals surface area contributed by atoms with Crippen molar-refractivity contribution in [2.75, 3.05) is 11.4 Å². The van der Waals surface area contributed by atoms with Crippen LogP contribution in [0.5, 0.6) is 0 Å². The molecule has 1 fully saturated rings. The van der Waals surface area contributed by atoms with Crippen LogP contribution in [0.4, 0.5) is 5.69 Å². The molecular formula is C24H35ClNOY-. The van der Waals surface area contributed by atoms with Gasteiger partial charge in [-0.15, -0.1) is 17.5 Å². The van der Waals surface area contributed by atoms with Crippen molar-refractivity contribution in [1.29, 1.82) is 0 Å². The Morgan fingerprint density at radius 1 is 1.25 bits per heavy atom. The maximum atomic E-state index is 10.5. The van der Waals surface area contributed by atoms with Crippen molar-refractivity contribution < 1.29 is 37.8 Å². The first kappa shape index (κ1) is 26.0. The number of rotatable bonds is 7. The molecule has 0 bridgehead atoms. The SMILES string of the molecule is [CH2-]CCCC#CC1C(Cl)CCN1c1ccc(C(O)CCCC(C)(C)C)cc1.[Y]. The molecule has 0 saturated carbocycles. The van der Waals surface area contributed by atoms with E-state index in [-0.39, 0.29) is 50.2 Å². The van der Waals surface area contributed by atoms with Gasteiger partial charge in [0, 0.05) is 51.4 Å². The molecule has 2 rings (SSSR count). The van der Waals surface area contributed by atoms with Crippen LogP contribution in [-0.4, -0.2) is 23.1 Å². The van der Waals surface area contributed by atoms with Crippen molar-refractivity contribution >= 4 is 17.3 Å². The molecule has 0 aromatic heterocycles. The molecule has 1 heterocycles. The average molecular weight is 478 g/mol. The topological polar surface area (TPSA) is 23.5 Å². The number of halogens is 1. The minimum absolute atomic E-state index is 0. The fourth-order valence-corrected chi connectivity index (χ4v) is 3.78. The van der Waals surface area contributed by atoms with Crippen LogP contribution in [-0.2, 0) is 32.7 Å². The average Bonchev–Trinajstić information content (AvgIpc) is 2.98. The molecule has 1 saturated heterocycles. The second-order valence-electron chi connectivity index (χ2n) is 8.78. The van der Waals surface area contributed by atoms with E-state index in [0.717, 1.165) is 62.7 Å². The van der Waals surface area contributed by atoms with Gasteiger partial charge in [-0.25, -0.2) is 0 Å². The third kappa shape index (κ3) is 8.35. The molecule has 1 N–H and O–H groups in total. The largest absolute Gasteiger partial charge is 0.388 e. The zero-order valence-electron chi connectivity index (χ0n) is 17.8. The second kappa shape index (κ2) is 12.6. The molecule has 1 aliphatic heterocycles. The summed E-state index contributed by atoms with van der Waals surface area (Å²) < 4.78 is 0. The summed E-state index contributed by atoms with van der Waals surface area (Å²) in [7, 11) is 0. The van der Waals surface area contributed by atoms with E-state index in [4.69, 9.17) is 11.6 Å². The zero-order chi connectivity index (χ0) is 19.9. The van der Waals surface area contributed by atoms with Gasteiger partial charge in [-0.1, -0.05) is 51.7 Å². The van der Waals surface area contributed by atoms with Crippen LogP contribution >= 0.6 is 11.6 Å². The standard InChI is InChI=1S/C24H35ClNO.Y/c1-5-6-7-8-10-22-21(25)16-18-26(22)20-14-12-19(13-15-20)23(27)11-9-17-24(2,3)4;/h12-15,21-23,27H,1,5-7,9,11,16-18H2,2-4H3;/q-1;. The van der Waals surface area contributed by atoms with Gasteiger partial charge in [-0.3, -0.25) is 0 Å². The van der Waals surface area contributed by atoms with E-state index in [2.05, 4.69) is 56.6 Å². The quantitative estimate of drug-likeness (QED) is 0.221. The van der Waals surface area contributed by atoms with E-state index < -0.39 is 0 Å². The zero-order valence-corrected chi connectivity index (χ0v) is 21.3. The van der Waals surface area contributed by atoms with Crippen LogP contribution < -0.4 is 4.90 Å². The Morgan fingerprint density at radius 2 is 1.93 bits per heavy atom. The maximum absolute atomic E-state index is 10.5. The summed E-state index contributed by atoms with van der Waals surface area (Å²) in [5.41, 5.74) is 2.45. The third-order valence-corrected chi connectivity index (χ3v) is 5.60. The molecule has 3 unspecified atom stereocenters. The van der Waals surface area contributed by atoms with E-state index in [1.807, 2.05) is 12.1 Å². The molecule has 153 valence electrons. The number of anilines is 1. The van der Waals surface area contributed by atoms with E-state index in [1.165, 1.54) is 0 Å². The monoisotopic (exact) mass is 477 g/mol. The first-order valence-corrected chi connectivity index (χ1v) is 10.7. The fourth-order valence-electron chi connectivity index (χ4n) is 3.48. The first-order chi connectivity index (χ1) is 12.8. The Balaban J connectivity index is 0.00000392. The summed E-state index contributed by atoms with van der Waals surface area (Å²) in [6.45, 7) is 11.5. The van der Waals surface area contributed by atoms with Crippen LogP contribution in [0, 0.1) is 24.2 Å².